The lowest BCUT2D eigenvalue weighted by Crippen LogP contribution is -2.50. The zero-order valence-corrected chi connectivity index (χ0v) is 88.3. The number of anilines is 4. The molecule has 8 fully saturated rings. The number of carbonyl (C=O) groups is 8. The lowest BCUT2D eigenvalue weighted by Gasteiger charge is -2.37. The van der Waals surface area contributed by atoms with E-state index < -0.39 is 5.54 Å². The Bertz CT molecular complexity index is 6230. The number of hydrogen-bond acceptors (Lipinski definition) is 20. The van der Waals surface area contributed by atoms with E-state index in [0.29, 0.717) is 47.5 Å². The number of esters is 2. The second-order valence-corrected chi connectivity index (χ2v) is 42.9. The van der Waals surface area contributed by atoms with Crippen LogP contribution in [-0.4, -0.2) is 255 Å². The van der Waals surface area contributed by atoms with E-state index in [-0.39, 0.29) is 108 Å². The summed E-state index contributed by atoms with van der Waals surface area (Å²) in [6.45, 7) is 30.8. The van der Waals surface area contributed by atoms with E-state index in [2.05, 4.69) is 137 Å². The van der Waals surface area contributed by atoms with Crippen molar-refractivity contribution in [2.45, 2.75) is 232 Å². The first-order valence-corrected chi connectivity index (χ1v) is 54.0. The number of morpholine rings is 4. The lowest BCUT2D eigenvalue weighted by molar-refractivity contribution is -0.147. The van der Waals surface area contributed by atoms with Crippen LogP contribution in [0.4, 0.5) is 23.0 Å². The van der Waals surface area contributed by atoms with Crippen molar-refractivity contribution in [1.82, 2.24) is 39.8 Å². The maximum Gasteiger partial charge on any atom is 0.308 e. The summed E-state index contributed by atoms with van der Waals surface area (Å²) in [5, 5.41) is 18.7. The molecule has 8 aromatic carbocycles. The molecule has 4 saturated heterocycles. The molecule has 4 N–H and O–H groups in total. The number of imidazole rings is 1. The van der Waals surface area contributed by atoms with Gasteiger partial charge in [-0.15, -0.1) is 0 Å². The highest BCUT2D eigenvalue weighted by Crippen LogP contribution is 2.45. The molecule has 30 heteroatoms. The van der Waals surface area contributed by atoms with Gasteiger partial charge in [-0.1, -0.05) is 114 Å². The van der Waals surface area contributed by atoms with Gasteiger partial charge in [-0.05, 0) is 269 Å². The van der Waals surface area contributed by atoms with Crippen LogP contribution >= 0.6 is 0 Å². The number of hydrogen-bond donors (Lipinski definition) is 4. The van der Waals surface area contributed by atoms with Gasteiger partial charge in [0, 0.05) is 179 Å². The van der Waals surface area contributed by atoms with E-state index in [0.717, 1.165) is 291 Å². The summed E-state index contributed by atoms with van der Waals surface area (Å²) < 4.78 is 34.2. The molecule has 1 aromatic heterocycles. The van der Waals surface area contributed by atoms with Crippen molar-refractivity contribution in [3.63, 3.8) is 0 Å². The van der Waals surface area contributed by atoms with E-state index in [1.807, 2.05) is 146 Å². The Morgan fingerprint density at radius 1 is 0.396 bits per heavy atom. The summed E-state index contributed by atoms with van der Waals surface area (Å²) in [5.41, 5.74) is 19.0. The summed E-state index contributed by atoms with van der Waals surface area (Å²) >= 11 is 0. The number of aryl methyl sites for hydroxylation is 3. The third kappa shape index (κ3) is 28.1. The monoisotopic (exact) mass is 2030 g/mol. The molecular formula is C119H149N15O15. The number of carbonyl (C=O) groups excluding carboxylic acids is 8. The normalized spacial score (nSPS) is 22.6. The SMILES string of the molecule is COC(=O)C1CCC(N2C(=NC(=O)c3ccc(C)cc3)Cc3ccc(CN4CCOCC4)cc32)CC1.COC(=O)C1CCC(n2c(NC(=O)c3ccccc3)nc3ccc(CN4CCOCC4)cc32)CC1.Cc1ccc(C(=O)N=C2Cc3ccc(CN4CCOCC4)cc3N2C2CCC(C(=O)NC(C)(C)CO)CC2)cc1.Cc1ccc(C(=O)N=C2Cc3ccc(CN4CCOCC4)cc3N2C2CCC(C(=O)NC(C)C)CC2)cc1. The smallest absolute Gasteiger partial charge is 0.308 e. The highest BCUT2D eigenvalue weighted by Gasteiger charge is 2.43. The third-order valence-electron chi connectivity index (χ3n) is 31.1. The number of amidine groups is 3. The Morgan fingerprint density at radius 2 is 0.718 bits per heavy atom. The van der Waals surface area contributed by atoms with Crippen LogP contribution in [0.15, 0.2) is 191 Å². The molecule has 8 heterocycles. The quantitative estimate of drug-likeness (QED) is 0.0408. The van der Waals surface area contributed by atoms with Gasteiger partial charge in [0.1, 0.15) is 17.5 Å². The van der Waals surface area contributed by atoms with Crippen LogP contribution in [0.25, 0.3) is 11.0 Å². The number of aliphatic hydroxyl groups excluding tert-OH is 1. The Labute approximate surface area is 876 Å². The van der Waals surface area contributed by atoms with Crippen molar-refractivity contribution in [3.8, 4) is 0 Å². The van der Waals surface area contributed by atoms with Gasteiger partial charge in [0.2, 0.25) is 17.8 Å². The Hall–Kier alpha value is -12.4. The molecule has 0 unspecified atom stereocenters. The van der Waals surface area contributed by atoms with Crippen LogP contribution in [0.2, 0.25) is 0 Å². The maximum atomic E-state index is 13.2. The number of aromatic nitrogens is 2. The fraction of sp³-hybridized carbons (Fsp3) is 0.496. The van der Waals surface area contributed by atoms with Gasteiger partial charge in [-0.2, -0.15) is 15.0 Å². The fourth-order valence-corrected chi connectivity index (χ4v) is 22.6. The second kappa shape index (κ2) is 51.0. The van der Waals surface area contributed by atoms with E-state index in [1.54, 1.807) is 12.1 Å². The van der Waals surface area contributed by atoms with E-state index >= 15 is 0 Å². The van der Waals surface area contributed by atoms with Crippen molar-refractivity contribution >= 4 is 98.9 Å². The molecule has 30 nitrogen and oxygen atoms in total. The minimum atomic E-state index is -0.630. The molecule has 149 heavy (non-hydrogen) atoms. The summed E-state index contributed by atoms with van der Waals surface area (Å²) in [4.78, 5) is 138. The molecule has 0 radical (unpaired) electrons. The number of ether oxygens (including phenoxy) is 6. The minimum Gasteiger partial charge on any atom is -0.469 e. The lowest BCUT2D eigenvalue weighted by atomic mass is 9.84. The average Bonchev–Trinajstić information content (AvgIpc) is 1.63. The summed E-state index contributed by atoms with van der Waals surface area (Å²) in [6, 6.07) is 59.2. The van der Waals surface area contributed by atoms with Crippen LogP contribution < -0.4 is 30.7 Å². The third-order valence-corrected chi connectivity index (χ3v) is 31.1. The van der Waals surface area contributed by atoms with Crippen LogP contribution in [0, 0.1) is 44.4 Å². The highest BCUT2D eigenvalue weighted by molar-refractivity contribution is 6.15. The van der Waals surface area contributed by atoms with Gasteiger partial charge in [0.15, 0.2) is 0 Å². The summed E-state index contributed by atoms with van der Waals surface area (Å²) in [7, 11) is 2.91. The minimum absolute atomic E-state index is 0.00978. The number of nitrogens with one attached hydrogen (secondary N) is 3. The fourth-order valence-electron chi connectivity index (χ4n) is 22.6. The predicted molar refractivity (Wildman–Crippen MR) is 580 cm³/mol. The number of aliphatic imine (C=N–C) groups is 3. The van der Waals surface area contributed by atoms with Crippen molar-refractivity contribution in [3.05, 3.63) is 254 Å². The van der Waals surface area contributed by atoms with E-state index in [1.165, 1.54) is 58.9 Å². The van der Waals surface area contributed by atoms with Crippen LogP contribution in [-0.2, 0) is 93.0 Å². The van der Waals surface area contributed by atoms with Crippen molar-refractivity contribution in [2.24, 2.45) is 38.6 Å². The van der Waals surface area contributed by atoms with Crippen molar-refractivity contribution in [1.29, 1.82) is 0 Å². The number of rotatable bonds is 24. The predicted octanol–water partition coefficient (Wildman–Crippen LogP) is 16.6. The molecule has 0 spiro atoms. The van der Waals surface area contributed by atoms with Crippen molar-refractivity contribution < 1.29 is 71.9 Å². The Balaban J connectivity index is 0.000000135. The Kier molecular flexibility index (Phi) is 36.9. The maximum absolute atomic E-state index is 13.2. The topological polar surface area (TPSA) is 326 Å². The van der Waals surface area contributed by atoms with E-state index in [9.17, 15) is 43.5 Å². The molecule has 4 aliphatic carbocycles. The molecule has 0 bridgehead atoms. The van der Waals surface area contributed by atoms with E-state index in [4.69, 9.17) is 33.4 Å². The van der Waals surface area contributed by atoms with Gasteiger partial charge in [-0.3, -0.25) is 63.3 Å². The molecular weight excluding hydrogens is 1880 g/mol. The zero-order valence-electron chi connectivity index (χ0n) is 88.3. The number of benzene rings is 8. The number of amides is 6. The standard InChI is InChI=1S/C32H42N4O4.C31H40N4O3.C29H35N3O4.C27H32N4O4/c1-22-4-7-24(8-5-22)30(38)33-29-19-26-9-6-23(20-35-14-16-40-17-15-35)18-28(26)36(29)27-12-10-25(11-13-27)31(39)34-32(2,3)21-37;1-21(2)32-30(36)25-10-12-27(13-11-25)35-28-18-23(20-34-14-16-38-17-15-34)6-9-26(28)19-29(35)33-31(37)24-7-4-22(3)5-8-24;1-20-3-6-22(7-4-20)28(33)30-27-18-24-8-5-21(19-31-13-15-36-16-14-31)17-26(24)32(27)25-11-9-23(10-12-25)29(34)35-2;1-34-26(33)21-8-10-22(11-9-21)31-24-17-19(18-30-13-15-35-16-14-30)7-12-23(24)28-27(31)29-25(32)20-5-3-2-4-6-20/h4-9,18,25,27,37H,10-17,19-21H2,1-3H3,(H,34,39);4-9,18,21,25,27H,10-17,19-20H2,1-3H3,(H,32,36);3-8,17,23,25H,9-16,18-19H2,1-2H3;2-7,12,17,21-22H,8-11,13-16,18H2,1H3,(H,28,29,32). The summed E-state index contributed by atoms with van der Waals surface area (Å²) in [6.07, 6.45) is 15.1. The second-order valence-electron chi connectivity index (χ2n) is 42.9. The number of nitrogens with zero attached hydrogens (tertiary/aromatic N) is 12. The first-order valence-electron chi connectivity index (χ1n) is 54.0. The van der Waals surface area contributed by atoms with Gasteiger partial charge >= 0.3 is 11.9 Å². The molecule has 6 amide bonds. The first-order chi connectivity index (χ1) is 72.2. The van der Waals surface area contributed by atoms with Crippen LogP contribution in [0.1, 0.15) is 234 Å². The number of methoxy groups -OCH3 is 2. The largest absolute Gasteiger partial charge is 0.469 e. The number of aliphatic hydroxyl groups is 1. The summed E-state index contributed by atoms with van der Waals surface area (Å²) in [5.74, 6) is 1.95. The molecule has 4 saturated carbocycles. The molecule has 0 atom stereocenters. The molecule has 11 aliphatic rings. The zero-order chi connectivity index (χ0) is 104. The highest BCUT2D eigenvalue weighted by atomic mass is 16.5. The van der Waals surface area contributed by atoms with Crippen LogP contribution in [0.5, 0.6) is 0 Å². The first kappa shape index (κ1) is 108. The average molecular weight is 2030 g/mol. The molecule has 790 valence electrons. The van der Waals surface area contributed by atoms with Crippen LogP contribution in [0.3, 0.4) is 0 Å². The number of fused-ring (bicyclic) bond motifs is 4. The van der Waals surface area contributed by atoms with Gasteiger partial charge in [0.05, 0.1) is 102 Å². The Morgan fingerprint density at radius 3 is 1.05 bits per heavy atom. The van der Waals surface area contributed by atoms with Crippen molar-refractivity contribution in [2.75, 3.05) is 146 Å². The molecule has 9 aromatic rings. The molecule has 20 rings (SSSR count). The van der Waals surface area contributed by atoms with Gasteiger partial charge < -0.3 is 63.4 Å². The molecule has 7 aliphatic heterocycles. The van der Waals surface area contributed by atoms with Gasteiger partial charge in [0.25, 0.3) is 23.6 Å². The van der Waals surface area contributed by atoms with Gasteiger partial charge in [-0.25, -0.2) is 4.98 Å².